The smallest absolute Gasteiger partial charge is 0.274 e. The van der Waals surface area contributed by atoms with E-state index in [4.69, 9.17) is 11.6 Å². The topological polar surface area (TPSA) is 112 Å². The van der Waals surface area contributed by atoms with Gasteiger partial charge < -0.3 is 24.8 Å². The highest BCUT2D eigenvalue weighted by atomic mass is 35.5. The molecule has 9 nitrogen and oxygen atoms in total. The molecule has 1 aliphatic heterocycles. The minimum absolute atomic E-state index is 0.108. The normalized spacial score (nSPS) is 20.7. The molecule has 0 radical (unpaired) electrons. The maximum Gasteiger partial charge on any atom is 0.274 e. The van der Waals surface area contributed by atoms with Crippen molar-refractivity contribution in [2.24, 2.45) is 5.92 Å². The Morgan fingerprint density at radius 2 is 2.00 bits per heavy atom. The number of carbonyl (C=O) groups is 3. The molecule has 2 aliphatic rings. The van der Waals surface area contributed by atoms with Crippen LogP contribution in [0.4, 0.5) is 4.39 Å². The van der Waals surface area contributed by atoms with Crippen molar-refractivity contribution in [2.75, 3.05) is 20.6 Å². The Kier molecular flexibility index (Phi) is 6.12. The van der Waals surface area contributed by atoms with E-state index < -0.39 is 45.8 Å². The van der Waals surface area contributed by atoms with Gasteiger partial charge in [-0.05, 0) is 26.3 Å². The average molecular weight is 505 g/mol. The molecule has 1 spiro atoms. The monoisotopic (exact) mass is 504 g/mol. The first-order valence-corrected chi connectivity index (χ1v) is 11.5. The SMILES string of the molecule is CC(C)N1C[C@@]2(C[C@@H]2C(=O)N(C)C)n2cc(C(=O)NCc3cccc(Cl)c3F)c(=O)c(O)c2C1=O. The van der Waals surface area contributed by atoms with Crippen LogP contribution in [0.1, 0.15) is 46.7 Å². The first-order chi connectivity index (χ1) is 16.4. The van der Waals surface area contributed by atoms with Crippen molar-refractivity contribution >= 4 is 29.3 Å². The molecule has 0 unspecified atom stereocenters. The summed E-state index contributed by atoms with van der Waals surface area (Å²) in [7, 11) is 3.25. The fraction of sp³-hybridized carbons (Fsp3) is 0.417. The first kappa shape index (κ1) is 24.7. The van der Waals surface area contributed by atoms with Crippen LogP contribution in [0.2, 0.25) is 5.02 Å². The number of pyridine rings is 1. The summed E-state index contributed by atoms with van der Waals surface area (Å²) in [6.07, 6.45) is 1.60. The minimum Gasteiger partial charge on any atom is -0.503 e. The summed E-state index contributed by atoms with van der Waals surface area (Å²) in [5, 5.41) is 13.1. The number of hydrogen-bond donors (Lipinski definition) is 2. The van der Waals surface area contributed by atoms with E-state index >= 15 is 0 Å². The van der Waals surface area contributed by atoms with Crippen LogP contribution in [-0.4, -0.2) is 63.9 Å². The Bertz CT molecular complexity index is 1310. The zero-order valence-electron chi connectivity index (χ0n) is 19.8. The highest BCUT2D eigenvalue weighted by molar-refractivity contribution is 6.30. The Labute approximate surface area is 206 Å². The second-order valence-electron chi connectivity index (χ2n) is 9.45. The number of fused-ring (bicyclic) bond motifs is 2. The van der Waals surface area contributed by atoms with Gasteiger partial charge in [-0.15, -0.1) is 0 Å². The van der Waals surface area contributed by atoms with Gasteiger partial charge in [0, 0.05) is 45.0 Å². The third kappa shape index (κ3) is 3.95. The highest BCUT2D eigenvalue weighted by Gasteiger charge is 2.64. The lowest BCUT2D eigenvalue weighted by Crippen LogP contribution is -2.53. The van der Waals surface area contributed by atoms with E-state index in [0.717, 1.165) is 0 Å². The Hall–Kier alpha value is -3.40. The lowest BCUT2D eigenvalue weighted by molar-refractivity contribution is -0.131. The number of benzene rings is 1. The van der Waals surface area contributed by atoms with E-state index in [9.17, 15) is 28.7 Å². The minimum atomic E-state index is -1.02. The van der Waals surface area contributed by atoms with E-state index in [2.05, 4.69) is 5.32 Å². The Morgan fingerprint density at radius 3 is 2.63 bits per heavy atom. The molecule has 35 heavy (non-hydrogen) atoms. The van der Waals surface area contributed by atoms with Crippen molar-refractivity contribution in [1.82, 2.24) is 19.7 Å². The standard InChI is InChI=1S/C24H26ClFN4O5/c1-12(2)29-11-24(8-15(24)22(34)28(3)4)30-10-14(19(31)20(32)18(30)23(29)35)21(33)27-9-13-6-5-7-16(25)17(13)26/h5-7,10,12,15,32H,8-9,11H2,1-4H3,(H,27,33)/t15-,24-/m1/s1. The van der Waals surface area contributed by atoms with Crippen molar-refractivity contribution in [1.29, 1.82) is 0 Å². The molecule has 186 valence electrons. The van der Waals surface area contributed by atoms with E-state index in [1.807, 2.05) is 0 Å². The number of nitrogens with zero attached hydrogens (tertiary/aromatic N) is 3. The summed E-state index contributed by atoms with van der Waals surface area (Å²) < 4.78 is 15.6. The molecule has 1 aromatic carbocycles. The number of nitrogens with one attached hydrogen (secondary N) is 1. The van der Waals surface area contributed by atoms with Crippen LogP contribution in [0.5, 0.6) is 5.75 Å². The van der Waals surface area contributed by atoms with Crippen LogP contribution < -0.4 is 10.7 Å². The van der Waals surface area contributed by atoms with Gasteiger partial charge in [0.05, 0.1) is 16.5 Å². The molecular weight excluding hydrogens is 479 g/mol. The van der Waals surface area contributed by atoms with Gasteiger partial charge in [-0.25, -0.2) is 4.39 Å². The maximum absolute atomic E-state index is 14.2. The van der Waals surface area contributed by atoms with E-state index in [1.54, 1.807) is 27.9 Å². The predicted octanol–water partition coefficient (Wildman–Crippen LogP) is 1.94. The van der Waals surface area contributed by atoms with E-state index in [1.165, 1.54) is 38.8 Å². The lowest BCUT2D eigenvalue weighted by atomic mass is 10.0. The maximum atomic E-state index is 14.2. The third-order valence-electron chi connectivity index (χ3n) is 6.69. The molecule has 0 saturated heterocycles. The zero-order chi connectivity index (χ0) is 25.8. The second kappa shape index (κ2) is 8.67. The van der Waals surface area contributed by atoms with Gasteiger partial charge in [0.2, 0.25) is 11.3 Å². The fourth-order valence-corrected chi connectivity index (χ4v) is 4.83. The average Bonchev–Trinajstić information content (AvgIpc) is 3.52. The number of rotatable bonds is 5. The summed E-state index contributed by atoms with van der Waals surface area (Å²) >= 11 is 5.78. The van der Waals surface area contributed by atoms with Crippen LogP contribution in [0.3, 0.4) is 0 Å². The Balaban J connectivity index is 1.76. The molecule has 2 aromatic rings. The quantitative estimate of drug-likeness (QED) is 0.646. The molecule has 1 saturated carbocycles. The number of aromatic nitrogens is 1. The number of amides is 3. The van der Waals surface area contributed by atoms with Crippen LogP contribution in [0, 0.1) is 11.7 Å². The fourth-order valence-electron chi connectivity index (χ4n) is 4.63. The van der Waals surface area contributed by atoms with Crippen LogP contribution in [0.15, 0.2) is 29.2 Å². The van der Waals surface area contributed by atoms with Gasteiger partial charge in [-0.3, -0.25) is 19.2 Å². The molecule has 1 aromatic heterocycles. The van der Waals surface area contributed by atoms with Gasteiger partial charge in [-0.1, -0.05) is 23.7 Å². The lowest BCUT2D eigenvalue weighted by Gasteiger charge is -2.39. The molecule has 11 heteroatoms. The van der Waals surface area contributed by atoms with Crippen molar-refractivity contribution < 1.29 is 23.9 Å². The predicted molar refractivity (Wildman–Crippen MR) is 126 cm³/mol. The summed E-state index contributed by atoms with van der Waals surface area (Å²) in [5.74, 6) is -3.62. The van der Waals surface area contributed by atoms with E-state index in [0.29, 0.717) is 6.42 Å². The molecule has 1 aliphatic carbocycles. The molecule has 4 rings (SSSR count). The molecule has 0 bridgehead atoms. The molecule has 1 fully saturated rings. The number of halogens is 2. The summed E-state index contributed by atoms with van der Waals surface area (Å²) in [4.78, 5) is 54.8. The van der Waals surface area contributed by atoms with Gasteiger partial charge in [0.25, 0.3) is 11.8 Å². The first-order valence-electron chi connectivity index (χ1n) is 11.1. The Morgan fingerprint density at radius 1 is 1.31 bits per heavy atom. The van der Waals surface area contributed by atoms with Gasteiger partial charge in [-0.2, -0.15) is 0 Å². The largest absolute Gasteiger partial charge is 0.503 e. The third-order valence-corrected chi connectivity index (χ3v) is 6.99. The van der Waals surface area contributed by atoms with Crippen LogP contribution in [0.25, 0.3) is 0 Å². The molecule has 2 atom stereocenters. The number of hydrogen-bond acceptors (Lipinski definition) is 5. The van der Waals surface area contributed by atoms with Crippen LogP contribution in [-0.2, 0) is 16.9 Å². The van der Waals surface area contributed by atoms with Gasteiger partial charge in [0.15, 0.2) is 11.4 Å². The van der Waals surface area contributed by atoms with Gasteiger partial charge >= 0.3 is 0 Å². The highest BCUT2D eigenvalue weighted by Crippen LogP contribution is 2.55. The number of carbonyl (C=O) groups excluding carboxylic acids is 3. The van der Waals surface area contributed by atoms with Crippen molar-refractivity contribution in [2.45, 2.75) is 38.4 Å². The van der Waals surface area contributed by atoms with E-state index in [-0.39, 0.29) is 41.3 Å². The zero-order valence-corrected chi connectivity index (χ0v) is 20.5. The molecule has 2 heterocycles. The molecule has 3 amide bonds. The summed E-state index contributed by atoms with van der Waals surface area (Å²) in [5.41, 5.74) is -2.46. The summed E-state index contributed by atoms with van der Waals surface area (Å²) in [6.45, 7) is 3.55. The number of aromatic hydroxyl groups is 1. The molecule has 2 N–H and O–H groups in total. The van der Waals surface area contributed by atoms with Crippen molar-refractivity contribution in [3.63, 3.8) is 0 Å². The molecular formula is C24H26ClFN4O5. The van der Waals surface area contributed by atoms with Crippen molar-refractivity contribution in [3.05, 3.63) is 62.3 Å². The van der Waals surface area contributed by atoms with Crippen LogP contribution >= 0.6 is 11.6 Å². The summed E-state index contributed by atoms with van der Waals surface area (Å²) in [6, 6.07) is 4.09. The second-order valence-corrected chi connectivity index (χ2v) is 9.86. The van der Waals surface area contributed by atoms with Gasteiger partial charge in [0.1, 0.15) is 11.4 Å². The van der Waals surface area contributed by atoms with Crippen molar-refractivity contribution in [3.8, 4) is 5.75 Å².